The molecule has 2 amide bonds. The summed E-state index contributed by atoms with van der Waals surface area (Å²) in [5, 5.41) is 2.92. The van der Waals surface area contributed by atoms with Gasteiger partial charge in [-0.2, -0.15) is 0 Å². The highest BCUT2D eigenvalue weighted by Crippen LogP contribution is 2.28. The Morgan fingerprint density at radius 2 is 1.68 bits per heavy atom. The van der Waals surface area contributed by atoms with Crippen molar-refractivity contribution in [2.24, 2.45) is 0 Å². The van der Waals surface area contributed by atoms with Gasteiger partial charge in [0, 0.05) is 18.6 Å². The van der Waals surface area contributed by atoms with E-state index in [9.17, 15) is 18.0 Å². The summed E-state index contributed by atoms with van der Waals surface area (Å²) in [5.41, 5.74) is 1.76. The molecule has 1 N–H and O–H groups in total. The highest BCUT2D eigenvalue weighted by atomic mass is 35.5. The molecule has 0 aromatic heterocycles. The number of hydrogen-bond acceptors (Lipinski definition) is 5. The standard InChI is InChI=1S/C27H30ClN3O5S/c1-19-10-13-22(16-25(19)28)31(37(34,35)24-8-6-5-7-9-24)18-26(32)30(20(2)27(33)29-3)17-21-11-14-23(36-4)15-12-21/h5-16,20H,17-18H2,1-4H3,(H,29,33). The molecule has 0 heterocycles. The Kier molecular flexibility index (Phi) is 9.18. The topological polar surface area (TPSA) is 96.0 Å². The van der Waals surface area contributed by atoms with Crippen LogP contribution in [0.3, 0.4) is 0 Å². The maximum absolute atomic E-state index is 13.7. The SMILES string of the molecule is CNC(=O)C(C)N(Cc1ccc(OC)cc1)C(=O)CN(c1ccc(C)c(Cl)c1)S(=O)(=O)c1ccccc1. The number of aryl methyl sites for hydroxylation is 1. The van der Waals surface area contributed by atoms with E-state index in [-0.39, 0.29) is 23.0 Å². The molecular formula is C27H30ClN3O5S. The van der Waals surface area contributed by atoms with Crippen molar-refractivity contribution in [1.82, 2.24) is 10.2 Å². The van der Waals surface area contributed by atoms with Crippen molar-refractivity contribution in [2.75, 3.05) is 25.0 Å². The fourth-order valence-electron chi connectivity index (χ4n) is 3.70. The van der Waals surface area contributed by atoms with Crippen molar-refractivity contribution in [3.63, 3.8) is 0 Å². The molecule has 196 valence electrons. The van der Waals surface area contributed by atoms with Gasteiger partial charge in [-0.3, -0.25) is 13.9 Å². The Bertz CT molecular complexity index is 1350. The van der Waals surface area contributed by atoms with E-state index in [1.807, 2.05) is 0 Å². The smallest absolute Gasteiger partial charge is 0.264 e. The van der Waals surface area contributed by atoms with Crippen LogP contribution in [-0.4, -0.2) is 51.9 Å². The maximum atomic E-state index is 13.7. The second-order valence-corrected chi connectivity index (χ2v) is 10.7. The number of carbonyl (C=O) groups is 2. The molecule has 0 radical (unpaired) electrons. The molecule has 0 spiro atoms. The molecule has 0 saturated heterocycles. The molecule has 0 aliphatic heterocycles. The van der Waals surface area contributed by atoms with Gasteiger partial charge in [-0.1, -0.05) is 48.0 Å². The van der Waals surface area contributed by atoms with Crippen LogP contribution in [0.15, 0.2) is 77.7 Å². The zero-order valence-electron chi connectivity index (χ0n) is 21.1. The number of likely N-dealkylation sites (N-methyl/N-ethyl adjacent to an activating group) is 1. The Morgan fingerprint density at radius 1 is 1.03 bits per heavy atom. The quantitative estimate of drug-likeness (QED) is 0.417. The number of amides is 2. The first-order valence-corrected chi connectivity index (χ1v) is 13.4. The minimum Gasteiger partial charge on any atom is -0.497 e. The van der Waals surface area contributed by atoms with Crippen LogP contribution in [0.4, 0.5) is 5.69 Å². The lowest BCUT2D eigenvalue weighted by molar-refractivity contribution is -0.139. The number of benzene rings is 3. The van der Waals surface area contributed by atoms with Crippen molar-refractivity contribution in [2.45, 2.75) is 31.3 Å². The number of methoxy groups -OCH3 is 1. The first-order chi connectivity index (χ1) is 17.6. The van der Waals surface area contributed by atoms with E-state index >= 15 is 0 Å². The molecule has 37 heavy (non-hydrogen) atoms. The predicted molar refractivity (Wildman–Crippen MR) is 144 cm³/mol. The molecule has 0 aliphatic carbocycles. The molecule has 0 saturated carbocycles. The van der Waals surface area contributed by atoms with E-state index in [0.717, 1.165) is 15.4 Å². The predicted octanol–water partition coefficient (Wildman–Crippen LogP) is 4.02. The van der Waals surface area contributed by atoms with Crippen LogP contribution >= 0.6 is 11.6 Å². The van der Waals surface area contributed by atoms with Crippen molar-refractivity contribution < 1.29 is 22.7 Å². The summed E-state index contributed by atoms with van der Waals surface area (Å²) in [6.07, 6.45) is 0. The molecule has 3 aromatic rings. The highest BCUT2D eigenvalue weighted by molar-refractivity contribution is 7.92. The second-order valence-electron chi connectivity index (χ2n) is 8.42. The molecule has 1 atom stereocenters. The molecule has 3 aromatic carbocycles. The molecule has 0 bridgehead atoms. The third kappa shape index (κ3) is 6.61. The normalized spacial score (nSPS) is 11.9. The van der Waals surface area contributed by atoms with Crippen molar-refractivity contribution in [1.29, 1.82) is 0 Å². The van der Waals surface area contributed by atoms with Gasteiger partial charge in [0.25, 0.3) is 10.0 Å². The second kappa shape index (κ2) is 12.1. The molecule has 0 aliphatic rings. The molecule has 8 nitrogen and oxygen atoms in total. The number of halogens is 1. The van der Waals surface area contributed by atoms with Crippen molar-refractivity contribution in [3.8, 4) is 5.75 Å². The van der Waals surface area contributed by atoms with Crippen LogP contribution in [0, 0.1) is 6.92 Å². The van der Waals surface area contributed by atoms with Crippen LogP contribution in [0.2, 0.25) is 5.02 Å². The minimum absolute atomic E-state index is 0.0283. The zero-order valence-corrected chi connectivity index (χ0v) is 22.7. The molecule has 1 unspecified atom stereocenters. The van der Waals surface area contributed by atoms with Gasteiger partial charge in [-0.05, 0) is 61.4 Å². The fraction of sp³-hybridized carbons (Fsp3) is 0.259. The number of rotatable bonds is 10. The number of ether oxygens (including phenoxy) is 1. The summed E-state index contributed by atoms with van der Waals surface area (Å²) in [7, 11) is -1.10. The lowest BCUT2D eigenvalue weighted by Crippen LogP contribution is -2.50. The first-order valence-electron chi connectivity index (χ1n) is 11.6. The minimum atomic E-state index is -4.14. The first kappa shape index (κ1) is 28.0. The summed E-state index contributed by atoms with van der Waals surface area (Å²) < 4.78 is 33.6. The van der Waals surface area contributed by atoms with Gasteiger partial charge in [-0.15, -0.1) is 0 Å². The monoisotopic (exact) mass is 543 g/mol. The van der Waals surface area contributed by atoms with Crippen LogP contribution in [0.1, 0.15) is 18.1 Å². The largest absolute Gasteiger partial charge is 0.497 e. The summed E-state index contributed by atoms with van der Waals surface area (Å²) >= 11 is 6.32. The Morgan fingerprint density at radius 3 is 2.24 bits per heavy atom. The number of anilines is 1. The van der Waals surface area contributed by atoms with E-state index in [1.54, 1.807) is 75.6 Å². The van der Waals surface area contributed by atoms with Gasteiger partial charge in [0.2, 0.25) is 11.8 Å². The van der Waals surface area contributed by atoms with E-state index < -0.39 is 28.5 Å². The third-order valence-corrected chi connectivity index (χ3v) is 8.17. The van der Waals surface area contributed by atoms with Gasteiger partial charge in [0.05, 0.1) is 17.7 Å². The van der Waals surface area contributed by atoms with Crippen LogP contribution < -0.4 is 14.4 Å². The zero-order chi connectivity index (χ0) is 27.2. The lowest BCUT2D eigenvalue weighted by atomic mass is 10.1. The number of nitrogens with zero attached hydrogens (tertiary/aromatic N) is 2. The number of sulfonamides is 1. The van der Waals surface area contributed by atoms with E-state index in [0.29, 0.717) is 10.8 Å². The fourth-order valence-corrected chi connectivity index (χ4v) is 5.31. The Hall–Kier alpha value is -3.56. The third-order valence-electron chi connectivity index (χ3n) is 5.98. The number of hydrogen-bond donors (Lipinski definition) is 1. The Labute approximate surface area is 222 Å². The Balaban J connectivity index is 2.03. The van der Waals surface area contributed by atoms with E-state index in [2.05, 4.69) is 5.32 Å². The molecule has 3 rings (SSSR count). The summed E-state index contributed by atoms with van der Waals surface area (Å²) in [4.78, 5) is 27.6. The molecule has 0 fully saturated rings. The van der Waals surface area contributed by atoms with Gasteiger partial charge >= 0.3 is 0 Å². The van der Waals surface area contributed by atoms with E-state index in [4.69, 9.17) is 16.3 Å². The summed E-state index contributed by atoms with van der Waals surface area (Å²) in [6, 6.07) is 18.9. The van der Waals surface area contributed by atoms with Gasteiger partial charge < -0.3 is 15.0 Å². The van der Waals surface area contributed by atoms with Crippen LogP contribution in [0.25, 0.3) is 0 Å². The van der Waals surface area contributed by atoms with E-state index in [1.165, 1.54) is 30.1 Å². The number of nitrogens with one attached hydrogen (secondary N) is 1. The lowest BCUT2D eigenvalue weighted by Gasteiger charge is -2.32. The van der Waals surface area contributed by atoms with Gasteiger partial charge in [0.1, 0.15) is 18.3 Å². The average Bonchev–Trinajstić information content (AvgIpc) is 2.91. The van der Waals surface area contributed by atoms with Crippen molar-refractivity contribution in [3.05, 3.63) is 88.9 Å². The van der Waals surface area contributed by atoms with Crippen LogP contribution in [0.5, 0.6) is 5.75 Å². The van der Waals surface area contributed by atoms with Gasteiger partial charge in [-0.25, -0.2) is 8.42 Å². The average molecular weight is 544 g/mol. The molecular weight excluding hydrogens is 514 g/mol. The van der Waals surface area contributed by atoms with Crippen molar-refractivity contribution >= 4 is 39.1 Å². The summed E-state index contributed by atoms with van der Waals surface area (Å²) in [6.45, 7) is 2.95. The molecule has 10 heteroatoms. The van der Waals surface area contributed by atoms with Crippen LogP contribution in [-0.2, 0) is 26.2 Å². The maximum Gasteiger partial charge on any atom is 0.264 e. The van der Waals surface area contributed by atoms with Gasteiger partial charge in [0.15, 0.2) is 0 Å². The summed E-state index contributed by atoms with van der Waals surface area (Å²) in [5.74, 6) is -0.279. The number of carbonyl (C=O) groups excluding carboxylic acids is 2. The highest BCUT2D eigenvalue weighted by Gasteiger charge is 2.32.